The Morgan fingerprint density at radius 3 is 0.491 bits per heavy atom. The highest BCUT2D eigenvalue weighted by molar-refractivity contribution is 7.00. The largest absolute Gasteiger partial charge is 0.242 e. The fraction of sp³-hybridized carbons (Fsp3) is 0.574. The van der Waals surface area contributed by atoms with E-state index in [1.165, 1.54) is 23.5 Å². The van der Waals surface area contributed by atoms with Crippen LogP contribution in [0.25, 0.3) is 98.5 Å². The lowest BCUT2D eigenvalue weighted by Crippen LogP contribution is -2.43. The van der Waals surface area contributed by atoms with Crippen molar-refractivity contribution in [1.29, 1.82) is 0 Å². The standard InChI is InChI=1S/C94H130N8S2Si6/c1-53(2)105(54(3)4,55(5)6)43-37-71-49-77-81-78(50-71)88-90(98-86-76(42-48-110(68(31)32,69(33)34)70(35)36)94-92(100-104-102-94)74(84(86)96-88)40-46-108(62(19)20,63(21)22)64(23)24)80-52-72(38-44-106(56(7)8,57(9)10)58(11)12)51-79(82(80)81)89-87(77)95-83-73(39-45-107(59(13)14,60(15)16)61(17)18)91-93(101-103-99-91)75(85(83)97-89)41-47-109(65(25)26,66(27)28)67(29)30/h49-70H,1-36H3. The number of nitrogens with zero attached hydrogens (tertiary/aromatic N) is 8. The molecule has 16 heteroatoms. The second-order valence-electron chi connectivity index (χ2n) is 38.4. The fourth-order valence-electron chi connectivity index (χ4n) is 22.6. The predicted molar refractivity (Wildman–Crippen MR) is 501 cm³/mol. The third-order valence-electron chi connectivity index (χ3n) is 27.9. The summed E-state index contributed by atoms with van der Waals surface area (Å²) in [7, 11) is -14.1. The van der Waals surface area contributed by atoms with Gasteiger partial charge in [0, 0.05) is 43.4 Å². The van der Waals surface area contributed by atoms with Gasteiger partial charge in [-0.1, -0.05) is 285 Å². The zero-order valence-corrected chi connectivity index (χ0v) is 81.7. The summed E-state index contributed by atoms with van der Waals surface area (Å²) in [5.41, 5.74) is 45.9. The molecule has 8 nitrogen and oxygen atoms in total. The lowest BCUT2D eigenvalue weighted by molar-refractivity contribution is 0.838. The van der Waals surface area contributed by atoms with Crippen molar-refractivity contribution in [2.24, 2.45) is 0 Å². The highest BCUT2D eigenvalue weighted by Gasteiger charge is 2.47. The Hall–Kier alpha value is -6.14. The van der Waals surface area contributed by atoms with Gasteiger partial charge in [0.1, 0.15) is 92.6 Å². The first-order valence-electron chi connectivity index (χ1n) is 42.0. The van der Waals surface area contributed by atoms with Crippen LogP contribution >= 0.6 is 23.5 Å². The van der Waals surface area contributed by atoms with Gasteiger partial charge in [0.05, 0.1) is 67.8 Å². The molecule has 0 saturated carbocycles. The average molecular weight is 1600 g/mol. The molecule has 10 aromatic rings. The van der Waals surface area contributed by atoms with Crippen LogP contribution in [0.15, 0.2) is 24.3 Å². The van der Waals surface area contributed by atoms with Crippen molar-refractivity contribution in [3.63, 3.8) is 0 Å². The van der Waals surface area contributed by atoms with Crippen molar-refractivity contribution in [3.8, 4) is 68.8 Å². The van der Waals surface area contributed by atoms with Crippen molar-refractivity contribution in [3.05, 3.63) is 57.6 Å². The van der Waals surface area contributed by atoms with E-state index < -0.39 is 48.4 Å². The highest BCUT2D eigenvalue weighted by atomic mass is 32.1. The van der Waals surface area contributed by atoms with Crippen molar-refractivity contribution >= 4 is 170 Å². The zero-order chi connectivity index (χ0) is 81.6. The van der Waals surface area contributed by atoms with Gasteiger partial charge in [-0.05, 0) is 124 Å². The van der Waals surface area contributed by atoms with E-state index in [-0.39, 0.29) is 0 Å². The lowest BCUT2D eigenvalue weighted by atomic mass is 9.88. The minimum absolute atomic E-state index is 0.387. The van der Waals surface area contributed by atoms with E-state index in [0.29, 0.717) is 122 Å². The SMILES string of the molecule is CC(C)[Si](C#Cc1cc2c3nc4c(C#C[Si](C(C)C)(C(C)C)C(C)C)c5nsnc5c(C#C[Si](C(C)C)(C(C)C)C(C)C)c4nc3c3cc(C#C[Si](C(C)C)(C(C)C)C(C)C)cc4c5nc6c(C#C[Si](C(C)C)(C(C)C)C(C)C)c7nsnc7c(C#C[Si](C(C)C)(C(C)C)C(C)C)c6nc5c(c1)c2c34)(C(C)C)C(C)C. The molecule has 0 unspecified atom stereocenters. The van der Waals surface area contributed by atoms with Crippen LogP contribution in [0, 0.1) is 68.8 Å². The first kappa shape index (κ1) is 86.3. The maximum Gasteiger partial charge on any atom is 0.146 e. The molecule has 0 radical (unpaired) electrons. The number of hydrogen-bond donors (Lipinski definition) is 0. The molecule has 0 N–H and O–H groups in total. The van der Waals surface area contributed by atoms with Gasteiger partial charge in [-0.3, -0.25) is 0 Å². The summed E-state index contributed by atoms with van der Waals surface area (Å²) in [5.74, 6) is 24.1. The van der Waals surface area contributed by atoms with E-state index in [1.54, 1.807) is 0 Å². The first-order chi connectivity index (χ1) is 51.4. The normalized spacial score (nSPS) is 13.4. The van der Waals surface area contributed by atoms with E-state index in [9.17, 15) is 0 Å². The van der Waals surface area contributed by atoms with Crippen LogP contribution in [-0.4, -0.2) is 85.9 Å². The Balaban J connectivity index is 1.61. The number of fused-ring (bicyclic) bond motifs is 10. The number of benzene rings is 6. The monoisotopic (exact) mass is 1600 g/mol. The van der Waals surface area contributed by atoms with Crippen LogP contribution in [0.2, 0.25) is 99.7 Å². The van der Waals surface area contributed by atoms with Gasteiger partial charge in [0.25, 0.3) is 0 Å². The highest BCUT2D eigenvalue weighted by Crippen LogP contribution is 2.51. The predicted octanol–water partition coefficient (Wildman–Crippen LogP) is 28.2. The molecule has 0 fully saturated rings. The third kappa shape index (κ3) is 13.8. The van der Waals surface area contributed by atoms with Crippen LogP contribution in [-0.2, 0) is 0 Å². The molecular formula is C94H130N8S2Si6. The van der Waals surface area contributed by atoms with Crippen molar-refractivity contribution in [2.45, 2.75) is 349 Å². The number of aromatic nitrogens is 8. The van der Waals surface area contributed by atoms with Gasteiger partial charge in [0.15, 0.2) is 0 Å². The zero-order valence-electron chi connectivity index (χ0n) is 74.1. The summed E-state index contributed by atoms with van der Waals surface area (Å²) in [6.45, 7) is 86.2. The molecule has 0 amide bonds. The fourth-order valence-corrected chi connectivity index (χ4v) is 55.0. The van der Waals surface area contributed by atoms with E-state index in [1.807, 2.05) is 0 Å². The van der Waals surface area contributed by atoms with Gasteiger partial charge >= 0.3 is 0 Å². The molecule has 4 aromatic heterocycles. The van der Waals surface area contributed by atoms with Crippen molar-refractivity contribution < 1.29 is 0 Å². The molecule has 582 valence electrons. The van der Waals surface area contributed by atoms with Crippen LogP contribution in [0.5, 0.6) is 0 Å². The number of rotatable bonds is 18. The summed E-state index contributed by atoms with van der Waals surface area (Å²) < 4.78 is 21.1. The summed E-state index contributed by atoms with van der Waals surface area (Å²) in [5, 5.41) is 5.85. The summed E-state index contributed by atoms with van der Waals surface area (Å²) in [6.07, 6.45) is 0. The molecule has 0 atom stereocenters. The molecule has 0 aliphatic carbocycles. The first-order valence-corrected chi connectivity index (χ1v) is 56.8. The molecular weight excluding hydrogens is 1470 g/mol. The molecule has 0 aliphatic rings. The van der Waals surface area contributed by atoms with Crippen LogP contribution in [0.3, 0.4) is 0 Å². The summed E-state index contributed by atoms with van der Waals surface area (Å²) in [4.78, 5) is 25.0. The topological polar surface area (TPSA) is 103 Å². The third-order valence-corrected chi connectivity index (χ3v) is 66.7. The smallest absolute Gasteiger partial charge is 0.146 e. The Labute approximate surface area is 678 Å². The second-order valence-corrected chi connectivity index (χ2v) is 73.0. The Kier molecular flexibility index (Phi) is 25.3. The molecule has 0 bridgehead atoms. The van der Waals surface area contributed by atoms with Gasteiger partial charge in [0.2, 0.25) is 0 Å². The Morgan fingerprint density at radius 2 is 0.345 bits per heavy atom. The molecule has 6 aromatic carbocycles. The lowest BCUT2D eigenvalue weighted by Gasteiger charge is -2.38. The Bertz CT molecular complexity index is 4860. The minimum Gasteiger partial charge on any atom is -0.242 e. The van der Waals surface area contributed by atoms with E-state index in [4.69, 9.17) is 37.4 Å². The molecule has 4 heterocycles. The van der Waals surface area contributed by atoms with Gasteiger partial charge in [-0.15, -0.1) is 33.3 Å². The maximum absolute atomic E-state index is 6.26. The van der Waals surface area contributed by atoms with Gasteiger partial charge in [-0.25, -0.2) is 19.9 Å². The average Bonchev–Trinajstić information content (AvgIpc) is 0.801. The van der Waals surface area contributed by atoms with Crippen LogP contribution in [0.4, 0.5) is 0 Å². The molecule has 0 aliphatic heterocycles. The van der Waals surface area contributed by atoms with Gasteiger partial charge in [-0.2, -0.15) is 17.5 Å². The van der Waals surface area contributed by atoms with Crippen LogP contribution in [0.1, 0.15) is 283 Å². The second kappa shape index (κ2) is 32.3. The van der Waals surface area contributed by atoms with E-state index in [0.717, 1.165) is 110 Å². The van der Waals surface area contributed by atoms with Crippen LogP contribution < -0.4 is 0 Å². The Morgan fingerprint density at radius 1 is 0.200 bits per heavy atom. The molecule has 110 heavy (non-hydrogen) atoms. The van der Waals surface area contributed by atoms with E-state index in [2.05, 4.69) is 342 Å². The molecule has 10 rings (SSSR count). The summed E-state index contributed by atoms with van der Waals surface area (Å²) in [6, 6.07) is 9.36. The van der Waals surface area contributed by atoms with E-state index >= 15 is 0 Å². The molecule has 0 saturated heterocycles. The number of hydrogen-bond acceptors (Lipinski definition) is 10. The van der Waals surface area contributed by atoms with Gasteiger partial charge < -0.3 is 0 Å². The molecule has 0 spiro atoms. The van der Waals surface area contributed by atoms with Crippen molar-refractivity contribution in [1.82, 2.24) is 37.4 Å². The quantitative estimate of drug-likeness (QED) is 0.0362. The minimum atomic E-state index is -2.36. The summed E-state index contributed by atoms with van der Waals surface area (Å²) >= 11 is 2.47. The maximum atomic E-state index is 6.26. The van der Waals surface area contributed by atoms with Crippen molar-refractivity contribution in [2.75, 3.05) is 0 Å².